The molecule has 1 aromatic carbocycles. The van der Waals surface area contributed by atoms with Crippen molar-refractivity contribution in [2.45, 2.75) is 32.7 Å². The van der Waals surface area contributed by atoms with Crippen LogP contribution >= 0.6 is 0 Å². The smallest absolute Gasteiger partial charge is 0.0890 e. The molecule has 0 saturated carbocycles. The summed E-state index contributed by atoms with van der Waals surface area (Å²) in [7, 11) is 0. The predicted molar refractivity (Wildman–Crippen MR) is 81.3 cm³/mol. The number of rotatable bonds is 8. The minimum Gasteiger partial charge on any atom is -0.396 e. The van der Waals surface area contributed by atoms with Crippen LogP contribution in [-0.2, 0) is 6.54 Å². The fraction of sp³-hybridized carbons (Fsp3) is 0.500. The first kappa shape index (κ1) is 14.9. The molecule has 20 heavy (non-hydrogen) atoms. The zero-order chi connectivity index (χ0) is 14.2. The van der Waals surface area contributed by atoms with Crippen molar-refractivity contribution in [2.24, 2.45) is 5.92 Å². The van der Waals surface area contributed by atoms with E-state index in [1.54, 1.807) is 0 Å². The molecule has 0 saturated heterocycles. The molecular weight excluding hydrogens is 250 g/mol. The first-order valence-electron chi connectivity index (χ1n) is 7.35. The normalized spacial score (nSPS) is 12.7. The van der Waals surface area contributed by atoms with Crippen LogP contribution in [0.25, 0.3) is 11.0 Å². The van der Waals surface area contributed by atoms with Gasteiger partial charge in [-0.1, -0.05) is 25.5 Å². The number of aliphatic hydroxyl groups is 1. The molecule has 1 heterocycles. The van der Waals surface area contributed by atoms with E-state index in [0.29, 0.717) is 5.92 Å². The maximum atomic E-state index is 9.05. The maximum Gasteiger partial charge on any atom is 0.0890 e. The third-order valence-corrected chi connectivity index (χ3v) is 3.47. The van der Waals surface area contributed by atoms with Gasteiger partial charge in [-0.05, 0) is 37.4 Å². The van der Waals surface area contributed by atoms with Gasteiger partial charge in [-0.25, -0.2) is 4.98 Å². The zero-order valence-electron chi connectivity index (χ0n) is 12.0. The van der Waals surface area contributed by atoms with E-state index in [-0.39, 0.29) is 6.61 Å². The average Bonchev–Trinajstić information content (AvgIpc) is 2.47. The van der Waals surface area contributed by atoms with Crippen LogP contribution in [0, 0.1) is 5.92 Å². The lowest BCUT2D eigenvalue weighted by Gasteiger charge is -2.15. The van der Waals surface area contributed by atoms with Gasteiger partial charge in [0.2, 0.25) is 0 Å². The molecule has 4 nitrogen and oxygen atoms in total. The largest absolute Gasteiger partial charge is 0.396 e. The number of fused-ring (bicyclic) bond motifs is 1. The lowest BCUT2D eigenvalue weighted by Crippen LogP contribution is -2.23. The van der Waals surface area contributed by atoms with E-state index < -0.39 is 0 Å². The number of nitrogens with one attached hydrogen (secondary N) is 1. The number of hydrogen-bond donors (Lipinski definition) is 2. The van der Waals surface area contributed by atoms with E-state index >= 15 is 0 Å². The van der Waals surface area contributed by atoms with Gasteiger partial charge in [0.15, 0.2) is 0 Å². The maximum absolute atomic E-state index is 9.05. The molecule has 0 spiro atoms. The quantitative estimate of drug-likeness (QED) is 0.776. The second kappa shape index (κ2) is 7.92. The Balaban J connectivity index is 1.88. The lowest BCUT2D eigenvalue weighted by atomic mass is 10.0. The molecule has 0 fully saturated rings. The number of aromatic nitrogens is 2. The van der Waals surface area contributed by atoms with Gasteiger partial charge in [0, 0.05) is 13.2 Å². The Morgan fingerprint density at radius 3 is 2.75 bits per heavy atom. The summed E-state index contributed by atoms with van der Waals surface area (Å²) in [5, 5.41) is 12.5. The Morgan fingerprint density at radius 1 is 1.20 bits per heavy atom. The van der Waals surface area contributed by atoms with Crippen molar-refractivity contribution in [3.8, 4) is 0 Å². The topological polar surface area (TPSA) is 58.0 Å². The Kier molecular flexibility index (Phi) is 5.89. The van der Waals surface area contributed by atoms with Crippen molar-refractivity contribution in [2.75, 3.05) is 13.2 Å². The van der Waals surface area contributed by atoms with E-state index in [1.807, 2.05) is 30.5 Å². The van der Waals surface area contributed by atoms with Gasteiger partial charge in [0.05, 0.1) is 22.9 Å². The van der Waals surface area contributed by atoms with Crippen LogP contribution in [0.4, 0.5) is 0 Å². The second-order valence-electron chi connectivity index (χ2n) is 5.15. The molecule has 0 bridgehead atoms. The van der Waals surface area contributed by atoms with Crippen molar-refractivity contribution >= 4 is 11.0 Å². The molecule has 2 aromatic rings. The molecule has 0 radical (unpaired) electrons. The van der Waals surface area contributed by atoms with Gasteiger partial charge in [0.25, 0.3) is 0 Å². The van der Waals surface area contributed by atoms with Crippen molar-refractivity contribution < 1.29 is 5.11 Å². The summed E-state index contributed by atoms with van der Waals surface area (Å²) in [6.07, 6.45) is 5.00. The minimum atomic E-state index is 0.266. The summed E-state index contributed by atoms with van der Waals surface area (Å²) < 4.78 is 0. The molecule has 0 aliphatic carbocycles. The molecule has 0 aliphatic heterocycles. The van der Waals surface area contributed by atoms with Crippen LogP contribution in [0.15, 0.2) is 30.5 Å². The third-order valence-electron chi connectivity index (χ3n) is 3.47. The number of aliphatic hydroxyl groups excluding tert-OH is 1. The average molecular weight is 273 g/mol. The number of hydrogen-bond acceptors (Lipinski definition) is 4. The van der Waals surface area contributed by atoms with Crippen molar-refractivity contribution in [3.05, 3.63) is 36.2 Å². The predicted octanol–water partition coefficient (Wildman–Crippen LogP) is 2.52. The molecule has 1 aromatic heterocycles. The number of para-hydroxylation sites is 2. The molecular formula is C16H23N3O. The molecule has 2 rings (SSSR count). The monoisotopic (exact) mass is 273 g/mol. The SMILES string of the molecule is CCCC(CCO)CNCc1cnc2ccccc2n1. The summed E-state index contributed by atoms with van der Waals surface area (Å²) in [5.41, 5.74) is 2.83. The van der Waals surface area contributed by atoms with Crippen LogP contribution < -0.4 is 5.32 Å². The molecule has 1 atom stereocenters. The Bertz CT molecular complexity index is 524. The minimum absolute atomic E-state index is 0.266. The summed E-state index contributed by atoms with van der Waals surface area (Å²) >= 11 is 0. The van der Waals surface area contributed by atoms with Crippen LogP contribution in [0.3, 0.4) is 0 Å². The van der Waals surface area contributed by atoms with Gasteiger partial charge < -0.3 is 10.4 Å². The standard InChI is InChI=1S/C16H23N3O/c1-2-5-13(8-9-20)10-17-11-14-12-18-15-6-3-4-7-16(15)19-14/h3-4,6-7,12-13,17,20H,2,5,8-11H2,1H3. The van der Waals surface area contributed by atoms with Crippen LogP contribution in [-0.4, -0.2) is 28.2 Å². The van der Waals surface area contributed by atoms with E-state index in [1.165, 1.54) is 0 Å². The van der Waals surface area contributed by atoms with Crippen LogP contribution in [0.1, 0.15) is 31.9 Å². The van der Waals surface area contributed by atoms with Gasteiger partial charge in [0.1, 0.15) is 0 Å². The van der Waals surface area contributed by atoms with Gasteiger partial charge in [-0.15, -0.1) is 0 Å². The highest BCUT2D eigenvalue weighted by atomic mass is 16.3. The Labute approximate surface area is 120 Å². The first-order valence-corrected chi connectivity index (χ1v) is 7.35. The van der Waals surface area contributed by atoms with Gasteiger partial charge >= 0.3 is 0 Å². The molecule has 4 heteroatoms. The lowest BCUT2D eigenvalue weighted by molar-refractivity contribution is 0.248. The van der Waals surface area contributed by atoms with Crippen LogP contribution in [0.5, 0.6) is 0 Å². The molecule has 0 amide bonds. The Hall–Kier alpha value is -1.52. The zero-order valence-corrected chi connectivity index (χ0v) is 12.0. The Morgan fingerprint density at radius 2 is 2.00 bits per heavy atom. The summed E-state index contributed by atoms with van der Waals surface area (Å²) in [6, 6.07) is 7.90. The number of nitrogens with zero attached hydrogens (tertiary/aromatic N) is 2. The van der Waals surface area contributed by atoms with Crippen molar-refractivity contribution in [1.29, 1.82) is 0 Å². The number of benzene rings is 1. The molecule has 2 N–H and O–H groups in total. The fourth-order valence-electron chi connectivity index (χ4n) is 2.42. The first-order chi connectivity index (χ1) is 9.83. The molecule has 1 unspecified atom stereocenters. The van der Waals surface area contributed by atoms with E-state index in [2.05, 4.69) is 22.2 Å². The van der Waals surface area contributed by atoms with Crippen molar-refractivity contribution in [3.63, 3.8) is 0 Å². The molecule has 108 valence electrons. The highest BCUT2D eigenvalue weighted by molar-refractivity contribution is 5.73. The van der Waals surface area contributed by atoms with Crippen LogP contribution in [0.2, 0.25) is 0 Å². The summed E-state index contributed by atoms with van der Waals surface area (Å²) in [5.74, 6) is 0.540. The van der Waals surface area contributed by atoms with E-state index in [0.717, 1.165) is 49.1 Å². The van der Waals surface area contributed by atoms with Crippen molar-refractivity contribution in [1.82, 2.24) is 15.3 Å². The van der Waals surface area contributed by atoms with E-state index in [4.69, 9.17) is 5.11 Å². The highest BCUT2D eigenvalue weighted by Gasteiger charge is 2.07. The third kappa shape index (κ3) is 4.25. The summed E-state index contributed by atoms with van der Waals surface area (Å²) in [4.78, 5) is 9.00. The van der Waals surface area contributed by atoms with E-state index in [9.17, 15) is 0 Å². The second-order valence-corrected chi connectivity index (χ2v) is 5.15. The highest BCUT2D eigenvalue weighted by Crippen LogP contribution is 2.11. The summed E-state index contributed by atoms with van der Waals surface area (Å²) in [6.45, 7) is 4.09. The molecule has 0 aliphatic rings. The van der Waals surface area contributed by atoms with Gasteiger partial charge in [-0.3, -0.25) is 4.98 Å². The fourth-order valence-corrected chi connectivity index (χ4v) is 2.42. The van der Waals surface area contributed by atoms with Gasteiger partial charge in [-0.2, -0.15) is 0 Å².